The third-order valence-electron chi connectivity index (χ3n) is 4.46. The van der Waals surface area contributed by atoms with Gasteiger partial charge in [0.05, 0.1) is 30.1 Å². The number of imidazole rings is 1. The van der Waals surface area contributed by atoms with Crippen LogP contribution in [0.2, 0.25) is 0 Å². The minimum atomic E-state index is -1.82. The smallest absolute Gasteiger partial charge is 0.414 e. The third kappa shape index (κ3) is 7.18. The zero-order chi connectivity index (χ0) is 25.3. The van der Waals surface area contributed by atoms with Crippen molar-refractivity contribution in [3.8, 4) is 22.8 Å². The number of nitrogens with one attached hydrogen (secondary N) is 1. The number of phenols is 1. The van der Waals surface area contributed by atoms with Crippen LogP contribution in [0, 0.1) is 5.82 Å². The molecule has 0 spiro atoms. The number of hydrogen-bond acceptors (Lipinski definition) is 7. The molecule has 4 N–H and O–H groups in total. The Morgan fingerprint density at radius 1 is 1.15 bits per heavy atom. The van der Waals surface area contributed by atoms with Crippen molar-refractivity contribution in [3.05, 3.63) is 58.4 Å². The summed E-state index contributed by atoms with van der Waals surface area (Å²) in [6.45, 7) is 1.58. The molecule has 3 aromatic rings. The monoisotopic (exact) mass is 539 g/mol. The number of methoxy groups -OCH3 is 2. The number of carbonyl (C=O) groups is 2. The molecular formula is C22H23BrFN3O7. The van der Waals surface area contributed by atoms with Gasteiger partial charge in [-0.15, -0.1) is 0 Å². The molecule has 0 fully saturated rings. The van der Waals surface area contributed by atoms with E-state index >= 15 is 0 Å². The van der Waals surface area contributed by atoms with Gasteiger partial charge in [0.25, 0.3) is 0 Å². The Kier molecular flexibility index (Phi) is 9.83. The number of rotatable bonds is 8. The van der Waals surface area contributed by atoms with Gasteiger partial charge in [0.15, 0.2) is 11.5 Å². The van der Waals surface area contributed by atoms with Crippen LogP contribution in [0.1, 0.15) is 5.56 Å². The molecule has 0 aliphatic carbocycles. The second kappa shape index (κ2) is 12.6. The first-order valence-electron chi connectivity index (χ1n) is 9.73. The highest BCUT2D eigenvalue weighted by molar-refractivity contribution is 9.10. The van der Waals surface area contributed by atoms with Gasteiger partial charge in [-0.1, -0.05) is 0 Å². The van der Waals surface area contributed by atoms with Crippen LogP contribution in [-0.2, 0) is 27.4 Å². The number of anilines is 1. The van der Waals surface area contributed by atoms with Gasteiger partial charge in [0.1, 0.15) is 5.82 Å². The molecule has 34 heavy (non-hydrogen) atoms. The summed E-state index contributed by atoms with van der Waals surface area (Å²) < 4.78 is 26.2. The summed E-state index contributed by atoms with van der Waals surface area (Å²) in [5.74, 6) is -2.81. The number of aromatic hydroxyl groups is 1. The number of aliphatic carboxylic acids is 2. The van der Waals surface area contributed by atoms with Crippen LogP contribution >= 0.6 is 15.9 Å². The highest BCUT2D eigenvalue weighted by Gasteiger charge is 2.13. The van der Waals surface area contributed by atoms with Crippen molar-refractivity contribution in [3.63, 3.8) is 0 Å². The van der Waals surface area contributed by atoms with Gasteiger partial charge in [-0.05, 0) is 57.9 Å². The summed E-state index contributed by atoms with van der Waals surface area (Å²) in [6.07, 6.45) is 1.75. The molecule has 0 saturated heterocycles. The lowest BCUT2D eigenvalue weighted by Crippen LogP contribution is -2.11. The maximum absolute atomic E-state index is 13.3. The van der Waals surface area contributed by atoms with Crippen LogP contribution in [-0.4, -0.2) is 57.6 Å². The molecule has 3 rings (SSSR count). The summed E-state index contributed by atoms with van der Waals surface area (Å²) in [4.78, 5) is 22.7. The van der Waals surface area contributed by atoms with Crippen molar-refractivity contribution < 1.29 is 38.8 Å². The minimum absolute atomic E-state index is 0.0615. The van der Waals surface area contributed by atoms with E-state index in [1.165, 1.54) is 19.2 Å². The molecule has 1 heterocycles. The normalized spacial score (nSPS) is 10.2. The first-order valence-corrected chi connectivity index (χ1v) is 10.5. The molecule has 0 saturated carbocycles. The highest BCUT2D eigenvalue weighted by atomic mass is 79.9. The Morgan fingerprint density at radius 3 is 2.35 bits per heavy atom. The molecule has 10 nitrogen and oxygen atoms in total. The van der Waals surface area contributed by atoms with E-state index in [0.717, 1.165) is 16.8 Å². The third-order valence-corrected chi connectivity index (χ3v) is 5.06. The Balaban J connectivity index is 0.000000604. The average Bonchev–Trinajstić information content (AvgIpc) is 3.21. The molecule has 0 bridgehead atoms. The number of aromatic nitrogens is 2. The maximum Gasteiger partial charge on any atom is 0.414 e. The van der Waals surface area contributed by atoms with Crippen molar-refractivity contribution >= 4 is 33.8 Å². The van der Waals surface area contributed by atoms with E-state index in [0.29, 0.717) is 35.9 Å². The van der Waals surface area contributed by atoms with Crippen LogP contribution in [0.25, 0.3) is 11.3 Å². The quantitative estimate of drug-likeness (QED) is 0.315. The predicted octanol–water partition coefficient (Wildman–Crippen LogP) is 3.58. The molecule has 0 amide bonds. The molecule has 0 unspecified atom stereocenters. The molecule has 1 aromatic heterocycles. The topological polar surface area (TPSA) is 143 Å². The van der Waals surface area contributed by atoms with Crippen LogP contribution in [0.4, 0.5) is 10.3 Å². The maximum atomic E-state index is 13.3. The largest absolute Gasteiger partial charge is 0.503 e. The van der Waals surface area contributed by atoms with E-state index in [1.54, 1.807) is 31.5 Å². The minimum Gasteiger partial charge on any atom is -0.503 e. The molecule has 182 valence electrons. The summed E-state index contributed by atoms with van der Waals surface area (Å²) in [5.41, 5.74) is 2.64. The fourth-order valence-corrected chi connectivity index (χ4v) is 3.33. The Hall–Kier alpha value is -3.64. The van der Waals surface area contributed by atoms with Gasteiger partial charge in [0.2, 0.25) is 5.95 Å². The van der Waals surface area contributed by atoms with E-state index in [1.807, 2.05) is 10.6 Å². The number of carboxylic acid groups (broad SMARTS) is 2. The second-order valence-electron chi connectivity index (χ2n) is 6.71. The average molecular weight is 540 g/mol. The molecule has 12 heteroatoms. The van der Waals surface area contributed by atoms with Crippen molar-refractivity contribution in [2.75, 3.05) is 26.1 Å². The fraction of sp³-hybridized carbons (Fsp3) is 0.227. The summed E-state index contributed by atoms with van der Waals surface area (Å²) in [5, 5.41) is 28.0. The lowest BCUT2D eigenvalue weighted by Gasteiger charge is -2.14. The van der Waals surface area contributed by atoms with Crippen LogP contribution in [0.15, 0.2) is 47.1 Å². The van der Waals surface area contributed by atoms with E-state index < -0.39 is 11.9 Å². The second-order valence-corrected chi connectivity index (χ2v) is 7.57. The SMILES string of the molecule is COCCn1c(-c2ccc(F)cc2)cnc1NCc1cc(Br)c(O)c(OC)c1.O=C(O)C(=O)O. The van der Waals surface area contributed by atoms with Crippen molar-refractivity contribution in [2.24, 2.45) is 0 Å². The zero-order valence-electron chi connectivity index (χ0n) is 18.3. The van der Waals surface area contributed by atoms with Gasteiger partial charge in [-0.2, -0.15) is 0 Å². The predicted molar refractivity (Wildman–Crippen MR) is 124 cm³/mol. The number of carboxylic acids is 2. The van der Waals surface area contributed by atoms with Gasteiger partial charge in [-0.25, -0.2) is 19.0 Å². The summed E-state index contributed by atoms with van der Waals surface area (Å²) in [7, 11) is 3.15. The van der Waals surface area contributed by atoms with E-state index in [-0.39, 0.29) is 11.6 Å². The molecule has 0 radical (unpaired) electrons. The Bertz CT molecular complexity index is 1120. The Labute approximate surface area is 202 Å². The number of nitrogens with zero attached hydrogens (tertiary/aromatic N) is 2. The lowest BCUT2D eigenvalue weighted by atomic mass is 10.1. The summed E-state index contributed by atoms with van der Waals surface area (Å²) >= 11 is 3.33. The number of hydrogen-bond donors (Lipinski definition) is 4. The van der Waals surface area contributed by atoms with Gasteiger partial charge < -0.3 is 34.7 Å². The molecular weight excluding hydrogens is 517 g/mol. The first-order chi connectivity index (χ1) is 16.2. The van der Waals surface area contributed by atoms with Crippen molar-refractivity contribution in [1.29, 1.82) is 0 Å². The van der Waals surface area contributed by atoms with Gasteiger partial charge in [0, 0.05) is 25.8 Å². The van der Waals surface area contributed by atoms with Crippen molar-refractivity contribution in [2.45, 2.75) is 13.1 Å². The standard InChI is InChI=1S/C20H21BrFN3O3.C2H2O4/c1-27-8-7-25-17(14-3-5-15(22)6-4-14)12-24-20(25)23-11-13-9-16(21)19(26)18(10-13)28-2;3-1(4)2(5)6/h3-6,9-10,12,26H,7-8,11H2,1-2H3,(H,23,24);(H,3,4)(H,5,6). The number of phenolic OH excluding ortho intramolecular Hbond substituents is 1. The number of halogens is 2. The van der Waals surface area contributed by atoms with Gasteiger partial charge >= 0.3 is 11.9 Å². The van der Waals surface area contributed by atoms with Crippen LogP contribution in [0.5, 0.6) is 11.5 Å². The molecule has 0 aliphatic heterocycles. The van der Waals surface area contributed by atoms with E-state index in [2.05, 4.69) is 26.2 Å². The fourth-order valence-electron chi connectivity index (χ4n) is 2.84. The van der Waals surface area contributed by atoms with E-state index in [4.69, 9.17) is 29.3 Å². The van der Waals surface area contributed by atoms with E-state index in [9.17, 15) is 9.50 Å². The van der Waals surface area contributed by atoms with Gasteiger partial charge in [-0.3, -0.25) is 0 Å². The number of benzene rings is 2. The van der Waals surface area contributed by atoms with Crippen molar-refractivity contribution in [1.82, 2.24) is 9.55 Å². The summed E-state index contributed by atoms with van der Waals surface area (Å²) in [6, 6.07) is 9.88. The highest BCUT2D eigenvalue weighted by Crippen LogP contribution is 2.35. The first kappa shape index (κ1) is 26.6. The molecule has 0 aliphatic rings. The molecule has 2 aromatic carbocycles. The lowest BCUT2D eigenvalue weighted by molar-refractivity contribution is -0.159. The van der Waals surface area contributed by atoms with Crippen LogP contribution < -0.4 is 10.1 Å². The zero-order valence-corrected chi connectivity index (χ0v) is 19.9. The Morgan fingerprint density at radius 2 is 1.79 bits per heavy atom. The number of ether oxygens (including phenoxy) is 2. The molecule has 0 atom stereocenters. The van der Waals surface area contributed by atoms with Crippen LogP contribution in [0.3, 0.4) is 0 Å².